The van der Waals surface area contributed by atoms with E-state index >= 15 is 0 Å². The normalized spacial score (nSPS) is 14.8. The van der Waals surface area contributed by atoms with Crippen molar-refractivity contribution >= 4 is 11.9 Å². The highest BCUT2D eigenvalue weighted by molar-refractivity contribution is 5.78. The summed E-state index contributed by atoms with van der Waals surface area (Å²) in [5, 5.41) is 2.90. The van der Waals surface area contributed by atoms with Crippen LogP contribution < -0.4 is 5.32 Å². The van der Waals surface area contributed by atoms with Gasteiger partial charge in [-0.1, -0.05) is 31.2 Å². The molecule has 1 aliphatic heterocycles. The Morgan fingerprint density at radius 2 is 1.54 bits per heavy atom. The lowest BCUT2D eigenvalue weighted by atomic mass is 10.1. The van der Waals surface area contributed by atoms with Crippen LogP contribution in [0.4, 0.5) is 4.79 Å². The van der Waals surface area contributed by atoms with Crippen LogP contribution >= 0.6 is 0 Å². The molecule has 24 heavy (non-hydrogen) atoms. The lowest BCUT2D eigenvalue weighted by Gasteiger charge is -2.35. The van der Waals surface area contributed by atoms with Gasteiger partial charge in [0.1, 0.15) is 0 Å². The van der Waals surface area contributed by atoms with E-state index in [-0.39, 0.29) is 18.0 Å². The van der Waals surface area contributed by atoms with E-state index in [1.807, 2.05) is 18.7 Å². The summed E-state index contributed by atoms with van der Waals surface area (Å²) in [7, 11) is 0. The van der Waals surface area contributed by atoms with E-state index < -0.39 is 0 Å². The molecule has 0 aliphatic carbocycles. The maximum Gasteiger partial charge on any atom is 0.317 e. The number of carbonyl (C=O) groups is 2. The predicted octanol–water partition coefficient (Wildman–Crippen LogP) is 2.44. The van der Waals surface area contributed by atoms with E-state index in [9.17, 15) is 9.59 Å². The van der Waals surface area contributed by atoms with Crippen LogP contribution in [0.5, 0.6) is 0 Å². The third kappa shape index (κ3) is 5.25. The number of nitrogens with one attached hydrogen (secondary N) is 1. The summed E-state index contributed by atoms with van der Waals surface area (Å²) >= 11 is 0. The average molecular weight is 331 g/mol. The summed E-state index contributed by atoms with van der Waals surface area (Å²) in [4.78, 5) is 28.0. The summed E-state index contributed by atoms with van der Waals surface area (Å²) in [5.74, 6) is 0.179. The van der Waals surface area contributed by atoms with Crippen LogP contribution in [-0.2, 0) is 17.6 Å². The van der Waals surface area contributed by atoms with Crippen molar-refractivity contribution in [2.45, 2.75) is 46.1 Å². The summed E-state index contributed by atoms with van der Waals surface area (Å²) in [6, 6.07) is 8.59. The molecule has 0 aromatic heterocycles. The first-order chi connectivity index (χ1) is 11.5. The Labute approximate surface area is 145 Å². The van der Waals surface area contributed by atoms with Crippen LogP contribution in [0.25, 0.3) is 0 Å². The van der Waals surface area contributed by atoms with Gasteiger partial charge in [-0.05, 0) is 37.8 Å². The predicted molar refractivity (Wildman–Crippen MR) is 96.0 cm³/mol. The first-order valence-corrected chi connectivity index (χ1v) is 8.90. The Bertz CT molecular complexity index is 546. The van der Waals surface area contributed by atoms with Crippen LogP contribution in [0.15, 0.2) is 24.3 Å². The number of benzene rings is 1. The van der Waals surface area contributed by atoms with Crippen molar-refractivity contribution in [3.63, 3.8) is 0 Å². The number of aryl methyl sites for hydroxylation is 2. The third-order valence-electron chi connectivity index (χ3n) is 4.39. The van der Waals surface area contributed by atoms with Crippen molar-refractivity contribution in [2.24, 2.45) is 0 Å². The van der Waals surface area contributed by atoms with Gasteiger partial charge in [-0.15, -0.1) is 0 Å². The Balaban J connectivity index is 1.75. The van der Waals surface area contributed by atoms with Gasteiger partial charge in [0.2, 0.25) is 5.91 Å². The lowest BCUT2D eigenvalue weighted by Crippen LogP contribution is -2.54. The Hall–Kier alpha value is -2.04. The quantitative estimate of drug-likeness (QED) is 0.901. The highest BCUT2D eigenvalue weighted by Gasteiger charge is 2.24. The molecule has 1 N–H and O–H groups in total. The van der Waals surface area contributed by atoms with E-state index in [0.717, 1.165) is 12.8 Å². The van der Waals surface area contributed by atoms with Crippen molar-refractivity contribution in [1.82, 2.24) is 15.1 Å². The van der Waals surface area contributed by atoms with Crippen molar-refractivity contribution in [1.29, 1.82) is 0 Å². The van der Waals surface area contributed by atoms with Crippen LogP contribution in [0.2, 0.25) is 0 Å². The van der Waals surface area contributed by atoms with E-state index in [0.29, 0.717) is 32.6 Å². The fraction of sp³-hybridized carbons (Fsp3) is 0.579. The summed E-state index contributed by atoms with van der Waals surface area (Å²) in [6.45, 7) is 8.50. The minimum Gasteiger partial charge on any atom is -0.339 e. The maximum absolute atomic E-state index is 12.4. The van der Waals surface area contributed by atoms with Gasteiger partial charge in [-0.2, -0.15) is 0 Å². The molecule has 0 saturated carbocycles. The second kappa shape index (κ2) is 8.71. The van der Waals surface area contributed by atoms with Crippen molar-refractivity contribution in [3.05, 3.63) is 35.4 Å². The zero-order valence-electron chi connectivity index (χ0n) is 15.0. The monoisotopic (exact) mass is 331 g/mol. The van der Waals surface area contributed by atoms with E-state index in [2.05, 4.69) is 36.5 Å². The van der Waals surface area contributed by atoms with Gasteiger partial charge in [-0.25, -0.2) is 4.79 Å². The minimum atomic E-state index is -0.0342. The van der Waals surface area contributed by atoms with E-state index in [4.69, 9.17) is 0 Å². The van der Waals surface area contributed by atoms with Crippen LogP contribution in [0.1, 0.15) is 38.3 Å². The molecular formula is C19H29N3O2. The standard InChI is InChI=1S/C19H29N3O2/c1-4-16-5-7-17(8-6-16)9-10-18(23)21-11-13-22(14-12-21)19(24)20-15(2)3/h5-8,15H,4,9-14H2,1-3H3,(H,20,24). The van der Waals surface area contributed by atoms with Crippen molar-refractivity contribution in [3.8, 4) is 0 Å². The summed E-state index contributed by atoms with van der Waals surface area (Å²) in [6.07, 6.45) is 2.34. The first kappa shape index (κ1) is 18.3. The second-order valence-electron chi connectivity index (χ2n) is 6.64. The summed E-state index contributed by atoms with van der Waals surface area (Å²) in [5.41, 5.74) is 2.52. The molecule has 5 heteroatoms. The number of hydrogen-bond acceptors (Lipinski definition) is 2. The molecular weight excluding hydrogens is 302 g/mol. The molecule has 5 nitrogen and oxygen atoms in total. The number of amides is 3. The Morgan fingerprint density at radius 1 is 1.00 bits per heavy atom. The Morgan fingerprint density at radius 3 is 2.08 bits per heavy atom. The van der Waals surface area contributed by atoms with Gasteiger partial charge < -0.3 is 15.1 Å². The highest BCUT2D eigenvalue weighted by atomic mass is 16.2. The smallest absolute Gasteiger partial charge is 0.317 e. The van der Waals surface area contributed by atoms with E-state index in [1.54, 1.807) is 4.90 Å². The fourth-order valence-electron chi connectivity index (χ4n) is 2.85. The molecule has 0 atom stereocenters. The van der Waals surface area contributed by atoms with Gasteiger partial charge in [0, 0.05) is 38.6 Å². The highest BCUT2D eigenvalue weighted by Crippen LogP contribution is 2.10. The van der Waals surface area contributed by atoms with E-state index in [1.165, 1.54) is 11.1 Å². The van der Waals surface area contributed by atoms with Crippen LogP contribution in [0.3, 0.4) is 0 Å². The average Bonchev–Trinajstić information content (AvgIpc) is 2.59. The molecule has 2 rings (SSSR count). The molecule has 1 fully saturated rings. The number of nitrogens with zero attached hydrogens (tertiary/aromatic N) is 2. The molecule has 1 saturated heterocycles. The number of hydrogen-bond donors (Lipinski definition) is 1. The van der Waals surface area contributed by atoms with Gasteiger partial charge in [-0.3, -0.25) is 4.79 Å². The van der Waals surface area contributed by atoms with Gasteiger partial charge in [0.25, 0.3) is 0 Å². The largest absolute Gasteiger partial charge is 0.339 e. The molecule has 1 aromatic rings. The molecule has 1 heterocycles. The SMILES string of the molecule is CCc1ccc(CCC(=O)N2CCN(C(=O)NC(C)C)CC2)cc1. The lowest BCUT2D eigenvalue weighted by molar-refractivity contribution is -0.132. The molecule has 0 radical (unpaired) electrons. The Kier molecular flexibility index (Phi) is 6.64. The minimum absolute atomic E-state index is 0.0342. The van der Waals surface area contributed by atoms with Crippen molar-refractivity contribution < 1.29 is 9.59 Å². The third-order valence-corrected chi connectivity index (χ3v) is 4.39. The van der Waals surface area contributed by atoms with Crippen LogP contribution in [0, 0.1) is 0 Å². The number of urea groups is 1. The van der Waals surface area contributed by atoms with Crippen LogP contribution in [-0.4, -0.2) is 54.0 Å². The topological polar surface area (TPSA) is 52.7 Å². The molecule has 0 unspecified atom stereocenters. The van der Waals surface area contributed by atoms with Gasteiger partial charge >= 0.3 is 6.03 Å². The number of piperazine rings is 1. The summed E-state index contributed by atoms with van der Waals surface area (Å²) < 4.78 is 0. The van der Waals surface area contributed by atoms with Gasteiger partial charge in [0.05, 0.1) is 0 Å². The second-order valence-corrected chi connectivity index (χ2v) is 6.64. The maximum atomic E-state index is 12.4. The molecule has 1 aliphatic rings. The molecule has 0 bridgehead atoms. The molecule has 132 valence electrons. The zero-order valence-corrected chi connectivity index (χ0v) is 15.0. The fourth-order valence-corrected chi connectivity index (χ4v) is 2.85. The molecule has 1 aromatic carbocycles. The van der Waals surface area contributed by atoms with Gasteiger partial charge in [0.15, 0.2) is 0 Å². The number of rotatable bonds is 5. The molecule has 0 spiro atoms. The molecule has 3 amide bonds. The first-order valence-electron chi connectivity index (χ1n) is 8.90. The van der Waals surface area contributed by atoms with Crippen molar-refractivity contribution in [2.75, 3.05) is 26.2 Å². The zero-order chi connectivity index (χ0) is 17.5. The number of carbonyl (C=O) groups excluding carboxylic acids is 2.